The van der Waals surface area contributed by atoms with E-state index in [9.17, 15) is 13.2 Å². The lowest BCUT2D eigenvalue weighted by Gasteiger charge is -2.25. The molecule has 1 atom stereocenters. The molecule has 1 saturated carbocycles. The zero-order valence-electron chi connectivity index (χ0n) is 21.9. The molecule has 1 aliphatic carbocycles. The normalized spacial score (nSPS) is 15.6. The summed E-state index contributed by atoms with van der Waals surface area (Å²) in [6.45, 7) is 6.24. The maximum absolute atomic E-state index is 13.6. The van der Waals surface area contributed by atoms with Crippen LogP contribution in [0.5, 0.6) is 5.75 Å². The molecule has 1 N–H and O–H groups in total. The molecule has 0 aromatic heterocycles. The van der Waals surface area contributed by atoms with Crippen LogP contribution >= 0.6 is 23.4 Å². The number of hydrogen-bond donors (Lipinski definition) is 1. The topological polar surface area (TPSA) is 83.9 Å². The van der Waals surface area contributed by atoms with Gasteiger partial charge in [0.1, 0.15) is 5.75 Å². The van der Waals surface area contributed by atoms with E-state index in [0.717, 1.165) is 22.4 Å². The number of aliphatic carboxylic acids is 1. The second-order valence-corrected chi connectivity index (χ2v) is 13.7. The van der Waals surface area contributed by atoms with Gasteiger partial charge in [-0.3, -0.25) is 0 Å². The fourth-order valence-electron chi connectivity index (χ4n) is 4.82. The summed E-state index contributed by atoms with van der Waals surface area (Å²) < 4.78 is 34.0. The van der Waals surface area contributed by atoms with Crippen molar-refractivity contribution in [2.45, 2.75) is 80.8 Å². The van der Waals surface area contributed by atoms with E-state index in [1.807, 2.05) is 39.0 Å². The van der Waals surface area contributed by atoms with Crippen molar-refractivity contribution in [3.05, 3.63) is 52.5 Å². The second-order valence-electron chi connectivity index (χ2n) is 9.86. The van der Waals surface area contributed by atoms with Crippen LogP contribution in [0.25, 0.3) is 0 Å². The highest BCUT2D eigenvalue weighted by Gasteiger charge is 2.27. The number of carbonyl (C=O) groups is 1. The first-order chi connectivity index (χ1) is 17.6. The van der Waals surface area contributed by atoms with E-state index in [0.29, 0.717) is 36.2 Å². The van der Waals surface area contributed by atoms with Gasteiger partial charge < -0.3 is 9.84 Å². The van der Waals surface area contributed by atoms with Gasteiger partial charge in [0.15, 0.2) is 6.61 Å². The number of ether oxygens (including phenoxy) is 1. The standard InChI is InChI=1S/C28H38ClNO5S2/c1-4-14-30(18-21(3)36-24-11-13-27(20(2)15-24)35-19-28(31)32)37(33,34)25-12-10-23(26(29)17-25)16-22-8-6-5-7-9-22/h10-13,15,17,21-22H,4-9,14,16,18-19H2,1-3H3,(H,31,32)/t21-/m1/s1. The molecule has 6 nitrogen and oxygen atoms in total. The van der Waals surface area contributed by atoms with Crippen LogP contribution in [0.2, 0.25) is 5.02 Å². The zero-order valence-corrected chi connectivity index (χ0v) is 24.3. The Morgan fingerprint density at radius 3 is 2.54 bits per heavy atom. The summed E-state index contributed by atoms with van der Waals surface area (Å²) in [5.41, 5.74) is 1.86. The molecular formula is C28H38ClNO5S2. The van der Waals surface area contributed by atoms with E-state index in [1.54, 1.807) is 34.3 Å². The van der Waals surface area contributed by atoms with E-state index in [4.69, 9.17) is 21.4 Å². The van der Waals surface area contributed by atoms with E-state index in [2.05, 4.69) is 0 Å². The maximum atomic E-state index is 13.6. The summed E-state index contributed by atoms with van der Waals surface area (Å²) in [4.78, 5) is 12.0. The molecule has 0 saturated heterocycles. The van der Waals surface area contributed by atoms with Crippen molar-refractivity contribution in [3.63, 3.8) is 0 Å². The number of carboxylic acid groups (broad SMARTS) is 1. The van der Waals surface area contributed by atoms with Crippen molar-refractivity contribution >= 4 is 39.4 Å². The molecule has 0 bridgehead atoms. The van der Waals surface area contributed by atoms with Crippen LogP contribution in [-0.4, -0.2) is 48.7 Å². The number of carboxylic acids is 1. The number of hydrogen-bond acceptors (Lipinski definition) is 5. The number of halogens is 1. The number of thioether (sulfide) groups is 1. The lowest BCUT2D eigenvalue weighted by Crippen LogP contribution is -2.36. The Hall–Kier alpha value is -1.74. The van der Waals surface area contributed by atoms with Gasteiger partial charge in [0.05, 0.1) is 4.90 Å². The van der Waals surface area contributed by atoms with Gasteiger partial charge >= 0.3 is 5.97 Å². The van der Waals surface area contributed by atoms with E-state index in [-0.39, 0.29) is 16.8 Å². The third-order valence-electron chi connectivity index (χ3n) is 6.66. The minimum atomic E-state index is -3.69. The Morgan fingerprint density at radius 2 is 1.92 bits per heavy atom. The monoisotopic (exact) mass is 567 g/mol. The zero-order chi connectivity index (χ0) is 27.0. The van der Waals surface area contributed by atoms with Gasteiger partial charge in [0.2, 0.25) is 10.0 Å². The Balaban J connectivity index is 1.68. The molecule has 9 heteroatoms. The summed E-state index contributed by atoms with van der Waals surface area (Å²) >= 11 is 8.16. The lowest BCUT2D eigenvalue weighted by atomic mass is 9.85. The van der Waals surface area contributed by atoms with Gasteiger partial charge in [-0.2, -0.15) is 4.31 Å². The third-order valence-corrected chi connectivity index (χ3v) is 9.95. The molecule has 0 aliphatic heterocycles. The minimum Gasteiger partial charge on any atom is -0.482 e. The fraction of sp³-hybridized carbons (Fsp3) is 0.536. The molecule has 2 aromatic carbocycles. The van der Waals surface area contributed by atoms with Crippen molar-refractivity contribution < 1.29 is 23.1 Å². The predicted octanol–water partition coefficient (Wildman–Crippen LogP) is 6.82. The smallest absolute Gasteiger partial charge is 0.341 e. The average molecular weight is 568 g/mol. The first kappa shape index (κ1) is 29.8. The summed E-state index contributed by atoms with van der Waals surface area (Å²) in [5.74, 6) is 0.131. The number of sulfonamides is 1. The third kappa shape index (κ3) is 8.63. The maximum Gasteiger partial charge on any atom is 0.341 e. The Bertz CT molecular complexity index is 1170. The van der Waals surface area contributed by atoms with Crippen molar-refractivity contribution in [3.8, 4) is 5.75 Å². The molecule has 0 spiro atoms. The van der Waals surface area contributed by atoms with Crippen LogP contribution in [0.1, 0.15) is 63.5 Å². The van der Waals surface area contributed by atoms with E-state index >= 15 is 0 Å². The van der Waals surface area contributed by atoms with Gasteiger partial charge in [0, 0.05) is 28.3 Å². The number of benzene rings is 2. The van der Waals surface area contributed by atoms with Gasteiger partial charge in [0.25, 0.3) is 0 Å². The van der Waals surface area contributed by atoms with Crippen LogP contribution in [0, 0.1) is 12.8 Å². The minimum absolute atomic E-state index is 0.00689. The molecule has 3 rings (SSSR count). The first-order valence-corrected chi connectivity index (χ1v) is 15.7. The lowest BCUT2D eigenvalue weighted by molar-refractivity contribution is -0.139. The summed E-state index contributed by atoms with van der Waals surface area (Å²) in [6, 6.07) is 10.8. The number of aryl methyl sites for hydroxylation is 1. The first-order valence-electron chi connectivity index (χ1n) is 13.0. The van der Waals surface area contributed by atoms with Gasteiger partial charge in [-0.1, -0.05) is 63.6 Å². The predicted molar refractivity (Wildman–Crippen MR) is 150 cm³/mol. The fourth-order valence-corrected chi connectivity index (χ4v) is 7.99. The quantitative estimate of drug-likeness (QED) is 0.267. The van der Waals surface area contributed by atoms with Crippen LogP contribution in [-0.2, 0) is 21.2 Å². The molecule has 2 aromatic rings. The highest BCUT2D eigenvalue weighted by Crippen LogP contribution is 2.32. The summed E-state index contributed by atoms with van der Waals surface area (Å²) in [5, 5.41) is 9.35. The molecule has 1 fully saturated rings. The molecule has 0 heterocycles. The largest absolute Gasteiger partial charge is 0.482 e. The van der Waals surface area contributed by atoms with Crippen LogP contribution in [0.15, 0.2) is 46.2 Å². The van der Waals surface area contributed by atoms with Gasteiger partial charge in [-0.25, -0.2) is 13.2 Å². The van der Waals surface area contributed by atoms with Crippen molar-refractivity contribution in [2.24, 2.45) is 5.92 Å². The van der Waals surface area contributed by atoms with Crippen LogP contribution in [0.3, 0.4) is 0 Å². The molecule has 0 radical (unpaired) electrons. The molecule has 37 heavy (non-hydrogen) atoms. The molecule has 204 valence electrons. The summed E-state index contributed by atoms with van der Waals surface area (Å²) in [6.07, 6.45) is 7.88. The van der Waals surface area contributed by atoms with Crippen LogP contribution < -0.4 is 4.74 Å². The molecular weight excluding hydrogens is 530 g/mol. The SMILES string of the molecule is CCCN(C[C@@H](C)Sc1ccc(OCC(=O)O)c(C)c1)S(=O)(=O)c1ccc(CC2CCCCC2)c(Cl)c1. The van der Waals surface area contributed by atoms with E-state index < -0.39 is 16.0 Å². The van der Waals surface area contributed by atoms with E-state index in [1.165, 1.54) is 32.1 Å². The average Bonchev–Trinajstić information content (AvgIpc) is 2.85. The number of rotatable bonds is 13. The highest BCUT2D eigenvalue weighted by atomic mass is 35.5. The number of nitrogens with zero attached hydrogens (tertiary/aromatic N) is 1. The van der Waals surface area contributed by atoms with Gasteiger partial charge in [-0.15, -0.1) is 11.8 Å². The van der Waals surface area contributed by atoms with Gasteiger partial charge in [-0.05, 0) is 67.1 Å². The molecule has 0 unspecified atom stereocenters. The Labute approximate surface area is 230 Å². The summed E-state index contributed by atoms with van der Waals surface area (Å²) in [7, 11) is -3.69. The van der Waals surface area contributed by atoms with Crippen molar-refractivity contribution in [2.75, 3.05) is 19.7 Å². The molecule has 0 amide bonds. The second kappa shape index (κ2) is 13.9. The Kier molecular flexibility index (Phi) is 11.2. The van der Waals surface area contributed by atoms with Crippen molar-refractivity contribution in [1.29, 1.82) is 0 Å². The Morgan fingerprint density at radius 1 is 1.19 bits per heavy atom. The van der Waals surface area contributed by atoms with Crippen molar-refractivity contribution in [1.82, 2.24) is 4.31 Å². The van der Waals surface area contributed by atoms with Crippen LogP contribution in [0.4, 0.5) is 0 Å². The molecule has 1 aliphatic rings. The highest BCUT2D eigenvalue weighted by molar-refractivity contribution is 8.00.